The van der Waals surface area contributed by atoms with Gasteiger partial charge in [0.05, 0.1) is 37.0 Å². The monoisotopic (exact) mass is 622 g/mol. The maximum atomic E-state index is 5.08. The summed E-state index contributed by atoms with van der Waals surface area (Å²) in [5, 5.41) is 8.81. The van der Waals surface area contributed by atoms with Gasteiger partial charge in [-0.15, -0.1) is 22.7 Å². The minimum Gasteiger partial charge on any atom is -0.308 e. The Morgan fingerprint density at radius 1 is 0.435 bits per heavy atom. The quantitative estimate of drug-likeness (QED) is 0.192. The second-order valence-corrected chi connectivity index (χ2v) is 13.8. The van der Waals surface area contributed by atoms with Gasteiger partial charge in [0.25, 0.3) is 0 Å². The van der Waals surface area contributed by atoms with Gasteiger partial charge in [-0.05, 0) is 36.4 Å². The first-order chi connectivity index (χ1) is 22.9. The average molecular weight is 623 g/mol. The highest BCUT2D eigenvalue weighted by molar-refractivity contribution is 7.29. The molecule has 0 aliphatic rings. The Balaban J connectivity index is 1.42. The minimum absolute atomic E-state index is 0.923. The summed E-state index contributed by atoms with van der Waals surface area (Å²) in [5.41, 5.74) is 6.90. The van der Waals surface area contributed by atoms with Crippen LogP contribution in [0.3, 0.4) is 0 Å². The molecule has 0 saturated carbocycles. The zero-order valence-electron chi connectivity index (χ0n) is 24.3. The standard InChI is InChI=1S/C40H22N4S2/c1-2-12-23(13-3-1)43-30-20-10-6-16-26(30)33-36(43)38-34(32-27-17-7-11-21-31(27)45-37(32)33)35-39(46-38)40(42-22-41-35)44-28-18-8-4-14-24(28)25-15-5-9-19-29(25)44/h1-22H. The van der Waals surface area contributed by atoms with Crippen LogP contribution in [0.2, 0.25) is 0 Å². The van der Waals surface area contributed by atoms with Crippen molar-refractivity contribution in [3.05, 3.63) is 134 Å². The van der Waals surface area contributed by atoms with Gasteiger partial charge in [-0.1, -0.05) is 91.0 Å². The highest BCUT2D eigenvalue weighted by Crippen LogP contribution is 2.52. The lowest BCUT2D eigenvalue weighted by Crippen LogP contribution is -1.98. The summed E-state index contributed by atoms with van der Waals surface area (Å²) in [5.74, 6) is 0.923. The molecule has 0 atom stereocenters. The molecule has 46 heavy (non-hydrogen) atoms. The van der Waals surface area contributed by atoms with Crippen molar-refractivity contribution in [2.24, 2.45) is 0 Å². The Morgan fingerprint density at radius 2 is 1.04 bits per heavy atom. The number of rotatable bonds is 2. The topological polar surface area (TPSA) is 35.6 Å². The molecule has 0 unspecified atom stereocenters. The van der Waals surface area contributed by atoms with E-state index in [1.807, 2.05) is 22.7 Å². The van der Waals surface area contributed by atoms with E-state index in [2.05, 4.69) is 137 Å². The van der Waals surface area contributed by atoms with Crippen LogP contribution < -0.4 is 0 Å². The SMILES string of the molecule is c1ccc(-n2c3ccccc3c3c4sc5ccccc5c4c4c5ncnc(-n6c7ccccc7c7ccccc76)c5sc4c32)cc1. The number of para-hydroxylation sites is 4. The Hall–Kier alpha value is -5.56. The first-order valence-electron chi connectivity index (χ1n) is 15.3. The van der Waals surface area contributed by atoms with Crippen molar-refractivity contribution in [1.29, 1.82) is 0 Å². The summed E-state index contributed by atoms with van der Waals surface area (Å²) in [6, 6.07) is 45.7. The Kier molecular flexibility index (Phi) is 4.84. The van der Waals surface area contributed by atoms with Gasteiger partial charge in [-0.3, -0.25) is 4.57 Å². The molecule has 11 rings (SSSR count). The molecule has 4 nitrogen and oxygen atoms in total. The van der Waals surface area contributed by atoms with Gasteiger partial charge in [0.2, 0.25) is 0 Å². The van der Waals surface area contributed by atoms with E-state index in [0.29, 0.717) is 0 Å². The van der Waals surface area contributed by atoms with Gasteiger partial charge in [0.15, 0.2) is 5.82 Å². The number of benzene rings is 6. The molecule has 214 valence electrons. The first-order valence-corrected chi connectivity index (χ1v) is 17.0. The zero-order chi connectivity index (χ0) is 29.9. The summed E-state index contributed by atoms with van der Waals surface area (Å²) in [7, 11) is 0. The second-order valence-electron chi connectivity index (χ2n) is 11.8. The summed E-state index contributed by atoms with van der Waals surface area (Å²) >= 11 is 3.71. The predicted octanol–water partition coefficient (Wildman–Crippen LogP) is 11.4. The van der Waals surface area contributed by atoms with Crippen molar-refractivity contribution >= 4 is 107 Å². The van der Waals surface area contributed by atoms with Crippen molar-refractivity contribution in [3.63, 3.8) is 0 Å². The molecule has 0 spiro atoms. The van der Waals surface area contributed by atoms with E-state index in [-0.39, 0.29) is 0 Å². The Bertz CT molecular complexity index is 2980. The van der Waals surface area contributed by atoms with Gasteiger partial charge in [0, 0.05) is 52.8 Å². The minimum atomic E-state index is 0.923. The summed E-state index contributed by atoms with van der Waals surface area (Å²) in [6.07, 6.45) is 1.75. The van der Waals surface area contributed by atoms with E-state index in [1.54, 1.807) is 6.33 Å². The van der Waals surface area contributed by atoms with Crippen LogP contribution in [0.4, 0.5) is 0 Å². The van der Waals surface area contributed by atoms with Crippen molar-refractivity contribution in [3.8, 4) is 11.5 Å². The van der Waals surface area contributed by atoms with Crippen LogP contribution in [0.5, 0.6) is 0 Å². The number of nitrogens with zero attached hydrogens (tertiary/aromatic N) is 4. The third-order valence-electron chi connectivity index (χ3n) is 9.42. The number of fused-ring (bicyclic) bond motifs is 15. The van der Waals surface area contributed by atoms with Crippen molar-refractivity contribution in [2.45, 2.75) is 0 Å². The third kappa shape index (κ3) is 3.07. The van der Waals surface area contributed by atoms with Crippen LogP contribution in [0.25, 0.3) is 95.6 Å². The fourth-order valence-electron chi connectivity index (χ4n) is 7.61. The molecule has 0 fully saturated rings. The molecule has 6 aromatic carbocycles. The Morgan fingerprint density at radius 3 is 1.78 bits per heavy atom. The molecule has 0 bridgehead atoms. The summed E-state index contributed by atoms with van der Waals surface area (Å²) in [4.78, 5) is 10.1. The first kappa shape index (κ1) is 24.7. The van der Waals surface area contributed by atoms with Crippen LogP contribution in [-0.2, 0) is 0 Å². The van der Waals surface area contributed by atoms with Crippen LogP contribution in [0.1, 0.15) is 0 Å². The normalized spacial score (nSPS) is 12.3. The molecule has 5 heterocycles. The Labute approximate surface area is 270 Å². The lowest BCUT2D eigenvalue weighted by molar-refractivity contribution is 1.08. The number of aromatic nitrogens is 4. The molecule has 6 heteroatoms. The summed E-state index contributed by atoms with van der Waals surface area (Å²) in [6.45, 7) is 0. The largest absolute Gasteiger partial charge is 0.308 e. The highest BCUT2D eigenvalue weighted by atomic mass is 32.1. The molecule has 5 aromatic heterocycles. The van der Waals surface area contributed by atoms with Gasteiger partial charge < -0.3 is 4.57 Å². The number of hydrogen-bond acceptors (Lipinski definition) is 4. The van der Waals surface area contributed by atoms with E-state index in [0.717, 1.165) is 32.8 Å². The zero-order valence-corrected chi connectivity index (χ0v) is 25.9. The van der Waals surface area contributed by atoms with E-state index in [1.165, 1.54) is 62.8 Å². The molecule has 0 amide bonds. The second kappa shape index (κ2) is 9.01. The molecule has 0 radical (unpaired) electrons. The van der Waals surface area contributed by atoms with Crippen LogP contribution >= 0.6 is 22.7 Å². The smallest absolute Gasteiger partial charge is 0.159 e. The van der Waals surface area contributed by atoms with Crippen LogP contribution in [0.15, 0.2) is 134 Å². The fourth-order valence-corrected chi connectivity index (χ4v) is 10.2. The fraction of sp³-hybridized carbons (Fsp3) is 0. The maximum absolute atomic E-state index is 5.08. The van der Waals surface area contributed by atoms with E-state index >= 15 is 0 Å². The van der Waals surface area contributed by atoms with Crippen molar-refractivity contribution < 1.29 is 0 Å². The number of thiophene rings is 2. The molecule has 0 aliphatic carbocycles. The van der Waals surface area contributed by atoms with Gasteiger partial charge in [0.1, 0.15) is 6.33 Å². The molecule has 0 aliphatic heterocycles. The molecular weight excluding hydrogens is 601 g/mol. The molecular formula is C40H22N4S2. The predicted molar refractivity (Wildman–Crippen MR) is 196 cm³/mol. The van der Waals surface area contributed by atoms with E-state index in [9.17, 15) is 0 Å². The van der Waals surface area contributed by atoms with Crippen molar-refractivity contribution in [1.82, 2.24) is 19.1 Å². The van der Waals surface area contributed by atoms with E-state index < -0.39 is 0 Å². The van der Waals surface area contributed by atoms with Crippen molar-refractivity contribution in [2.75, 3.05) is 0 Å². The maximum Gasteiger partial charge on any atom is 0.159 e. The van der Waals surface area contributed by atoms with Gasteiger partial charge in [-0.2, -0.15) is 0 Å². The lowest BCUT2D eigenvalue weighted by atomic mass is 10.0. The third-order valence-corrected chi connectivity index (χ3v) is 11.8. The highest BCUT2D eigenvalue weighted by Gasteiger charge is 2.26. The number of hydrogen-bond donors (Lipinski definition) is 0. The molecule has 0 saturated heterocycles. The lowest BCUT2D eigenvalue weighted by Gasteiger charge is -2.08. The van der Waals surface area contributed by atoms with E-state index in [4.69, 9.17) is 9.97 Å². The molecule has 0 N–H and O–H groups in total. The molecule has 11 aromatic rings. The average Bonchev–Trinajstić information content (AvgIpc) is 3.86. The van der Waals surface area contributed by atoms with Crippen LogP contribution in [-0.4, -0.2) is 19.1 Å². The van der Waals surface area contributed by atoms with Gasteiger partial charge >= 0.3 is 0 Å². The summed E-state index contributed by atoms with van der Waals surface area (Å²) < 4.78 is 9.73. The van der Waals surface area contributed by atoms with Gasteiger partial charge in [-0.25, -0.2) is 9.97 Å². The van der Waals surface area contributed by atoms with Crippen LogP contribution in [0, 0.1) is 0 Å².